The van der Waals surface area contributed by atoms with Crippen LogP contribution in [0.1, 0.15) is 74.1 Å². The van der Waals surface area contributed by atoms with Gasteiger partial charge in [-0.25, -0.2) is 4.79 Å². The van der Waals surface area contributed by atoms with E-state index in [0.29, 0.717) is 30.6 Å². The van der Waals surface area contributed by atoms with Crippen molar-refractivity contribution >= 4 is 23.5 Å². The van der Waals surface area contributed by atoms with E-state index in [1.807, 2.05) is 65.8 Å². The SMILES string of the molecule is Cc1cc(C(=O)N2CCc3ccccc3C2C(=O)OC(C)(C)C)ccc1NC(=O)CC(C)C. The molecular formula is C27H34N2O4. The highest BCUT2D eigenvalue weighted by Gasteiger charge is 2.38. The van der Waals surface area contributed by atoms with E-state index in [9.17, 15) is 14.4 Å². The van der Waals surface area contributed by atoms with E-state index in [1.165, 1.54) is 0 Å². The molecule has 0 aromatic heterocycles. The van der Waals surface area contributed by atoms with E-state index in [4.69, 9.17) is 4.74 Å². The number of carbonyl (C=O) groups is 3. The average molecular weight is 451 g/mol. The van der Waals surface area contributed by atoms with Crippen LogP contribution in [0, 0.1) is 12.8 Å². The van der Waals surface area contributed by atoms with Crippen LogP contribution in [0.5, 0.6) is 0 Å². The molecule has 3 rings (SSSR count). The molecule has 6 heteroatoms. The Morgan fingerprint density at radius 1 is 1.12 bits per heavy atom. The molecule has 2 aromatic carbocycles. The zero-order chi connectivity index (χ0) is 24.3. The normalized spacial score (nSPS) is 15.7. The largest absolute Gasteiger partial charge is 0.458 e. The maximum absolute atomic E-state index is 13.6. The predicted molar refractivity (Wildman–Crippen MR) is 129 cm³/mol. The second kappa shape index (κ2) is 9.77. The number of hydrogen-bond donors (Lipinski definition) is 1. The van der Waals surface area contributed by atoms with Crippen LogP contribution >= 0.6 is 0 Å². The standard InChI is InChI=1S/C27H34N2O4/c1-17(2)15-23(30)28-22-12-11-20(16-18(22)3)25(31)29-14-13-19-9-7-8-10-21(19)24(29)26(32)33-27(4,5)6/h7-12,16-17,24H,13-15H2,1-6H3,(H,28,30). The third-order valence-electron chi connectivity index (χ3n) is 5.52. The molecule has 1 N–H and O–H groups in total. The van der Waals surface area contributed by atoms with Gasteiger partial charge >= 0.3 is 5.97 Å². The molecule has 0 saturated carbocycles. The second-order valence-corrected chi connectivity index (χ2v) is 10.1. The predicted octanol–water partition coefficient (Wildman–Crippen LogP) is 5.06. The third-order valence-corrected chi connectivity index (χ3v) is 5.52. The van der Waals surface area contributed by atoms with E-state index < -0.39 is 17.6 Å². The van der Waals surface area contributed by atoms with Gasteiger partial charge in [0.05, 0.1) is 0 Å². The Morgan fingerprint density at radius 3 is 2.45 bits per heavy atom. The second-order valence-electron chi connectivity index (χ2n) is 10.1. The number of aryl methyl sites for hydroxylation is 1. The van der Waals surface area contributed by atoms with E-state index in [1.54, 1.807) is 23.1 Å². The topological polar surface area (TPSA) is 75.7 Å². The van der Waals surface area contributed by atoms with Gasteiger partial charge in [0.2, 0.25) is 5.91 Å². The minimum Gasteiger partial charge on any atom is -0.458 e. The lowest BCUT2D eigenvalue weighted by molar-refractivity contribution is -0.161. The molecule has 0 fully saturated rings. The van der Waals surface area contributed by atoms with Gasteiger partial charge in [0.1, 0.15) is 5.60 Å². The van der Waals surface area contributed by atoms with Crippen LogP contribution in [0.15, 0.2) is 42.5 Å². The summed E-state index contributed by atoms with van der Waals surface area (Å²) < 4.78 is 5.69. The number of benzene rings is 2. The van der Waals surface area contributed by atoms with Crippen LogP contribution < -0.4 is 5.32 Å². The van der Waals surface area contributed by atoms with Gasteiger partial charge < -0.3 is 15.0 Å². The molecule has 1 atom stereocenters. The summed E-state index contributed by atoms with van der Waals surface area (Å²) in [7, 11) is 0. The van der Waals surface area contributed by atoms with Gasteiger partial charge in [0.25, 0.3) is 5.91 Å². The minimum atomic E-state index is -0.799. The number of anilines is 1. The molecule has 176 valence electrons. The number of nitrogens with one attached hydrogen (secondary N) is 1. The zero-order valence-corrected chi connectivity index (χ0v) is 20.4. The van der Waals surface area contributed by atoms with Gasteiger partial charge in [-0.1, -0.05) is 38.1 Å². The van der Waals surface area contributed by atoms with E-state index >= 15 is 0 Å². The van der Waals surface area contributed by atoms with Crippen LogP contribution in [0.2, 0.25) is 0 Å². The van der Waals surface area contributed by atoms with Crippen LogP contribution in [0.3, 0.4) is 0 Å². The van der Waals surface area contributed by atoms with Gasteiger partial charge in [-0.3, -0.25) is 9.59 Å². The molecule has 1 heterocycles. The molecule has 0 radical (unpaired) electrons. The first-order chi connectivity index (χ1) is 15.5. The van der Waals surface area contributed by atoms with Gasteiger partial charge in [-0.15, -0.1) is 0 Å². The Bertz CT molecular complexity index is 1050. The molecule has 6 nitrogen and oxygen atoms in total. The Hall–Kier alpha value is -3.15. The monoisotopic (exact) mass is 450 g/mol. The molecule has 0 aliphatic carbocycles. The van der Waals surface area contributed by atoms with Crippen molar-refractivity contribution in [3.05, 3.63) is 64.7 Å². The maximum Gasteiger partial charge on any atom is 0.334 e. The van der Waals surface area contributed by atoms with Crippen molar-refractivity contribution < 1.29 is 19.1 Å². The number of esters is 1. The van der Waals surface area contributed by atoms with Crippen LogP contribution in [0.4, 0.5) is 5.69 Å². The van der Waals surface area contributed by atoms with E-state index in [-0.39, 0.29) is 17.7 Å². The van der Waals surface area contributed by atoms with Crippen molar-refractivity contribution in [3.8, 4) is 0 Å². The Balaban J connectivity index is 1.89. The zero-order valence-electron chi connectivity index (χ0n) is 20.4. The molecule has 33 heavy (non-hydrogen) atoms. The van der Waals surface area contributed by atoms with Crippen molar-refractivity contribution in [3.63, 3.8) is 0 Å². The van der Waals surface area contributed by atoms with Crippen molar-refractivity contribution in [1.82, 2.24) is 4.90 Å². The van der Waals surface area contributed by atoms with Gasteiger partial charge in [-0.05, 0) is 74.9 Å². The fraction of sp³-hybridized carbons (Fsp3) is 0.444. The number of hydrogen-bond acceptors (Lipinski definition) is 4. The first kappa shape index (κ1) is 24.5. The molecule has 0 saturated heterocycles. The molecule has 2 aromatic rings. The molecule has 1 aliphatic heterocycles. The maximum atomic E-state index is 13.6. The number of amides is 2. The lowest BCUT2D eigenvalue weighted by Crippen LogP contribution is -2.45. The average Bonchev–Trinajstić information content (AvgIpc) is 2.72. The summed E-state index contributed by atoms with van der Waals surface area (Å²) >= 11 is 0. The number of carbonyl (C=O) groups excluding carboxylic acids is 3. The molecule has 0 spiro atoms. The molecule has 0 bridgehead atoms. The number of rotatable bonds is 5. The number of ether oxygens (including phenoxy) is 1. The summed E-state index contributed by atoms with van der Waals surface area (Å²) in [5.41, 5.74) is 3.15. The Morgan fingerprint density at radius 2 is 1.82 bits per heavy atom. The fourth-order valence-electron chi connectivity index (χ4n) is 4.07. The van der Waals surface area contributed by atoms with E-state index in [0.717, 1.165) is 16.7 Å². The third kappa shape index (κ3) is 6.01. The highest BCUT2D eigenvalue weighted by Crippen LogP contribution is 2.33. The fourth-order valence-corrected chi connectivity index (χ4v) is 4.07. The minimum absolute atomic E-state index is 0.0511. The van der Waals surface area contributed by atoms with Crippen molar-refractivity contribution in [1.29, 1.82) is 0 Å². The van der Waals surface area contributed by atoms with Crippen molar-refractivity contribution in [2.75, 3.05) is 11.9 Å². The first-order valence-corrected chi connectivity index (χ1v) is 11.5. The van der Waals surface area contributed by atoms with Crippen LogP contribution in [-0.2, 0) is 20.7 Å². The van der Waals surface area contributed by atoms with Gasteiger partial charge in [-0.2, -0.15) is 0 Å². The summed E-state index contributed by atoms with van der Waals surface area (Å²) in [6, 6.07) is 12.1. The van der Waals surface area contributed by atoms with E-state index in [2.05, 4.69) is 5.32 Å². The van der Waals surface area contributed by atoms with Crippen molar-refractivity contribution in [2.24, 2.45) is 5.92 Å². The number of fused-ring (bicyclic) bond motifs is 1. The lowest BCUT2D eigenvalue weighted by Gasteiger charge is -2.37. The molecule has 1 aliphatic rings. The Kier molecular flexibility index (Phi) is 7.25. The van der Waals surface area contributed by atoms with Crippen LogP contribution in [-0.4, -0.2) is 34.8 Å². The quantitative estimate of drug-likeness (QED) is 0.646. The summed E-state index contributed by atoms with van der Waals surface area (Å²) in [6.07, 6.45) is 1.11. The summed E-state index contributed by atoms with van der Waals surface area (Å²) in [4.78, 5) is 40.5. The lowest BCUT2D eigenvalue weighted by atomic mass is 9.91. The summed E-state index contributed by atoms with van der Waals surface area (Å²) in [5.74, 6) is -0.455. The molecule has 1 unspecified atom stereocenters. The van der Waals surface area contributed by atoms with Gasteiger partial charge in [0.15, 0.2) is 6.04 Å². The summed E-state index contributed by atoms with van der Waals surface area (Å²) in [5, 5.41) is 2.92. The van der Waals surface area contributed by atoms with Crippen molar-refractivity contribution in [2.45, 2.75) is 66.0 Å². The highest BCUT2D eigenvalue weighted by atomic mass is 16.6. The molecular weight excluding hydrogens is 416 g/mol. The summed E-state index contributed by atoms with van der Waals surface area (Å²) in [6.45, 7) is 11.7. The number of nitrogens with zero attached hydrogens (tertiary/aromatic N) is 1. The van der Waals surface area contributed by atoms with Crippen LogP contribution in [0.25, 0.3) is 0 Å². The first-order valence-electron chi connectivity index (χ1n) is 11.5. The smallest absolute Gasteiger partial charge is 0.334 e. The van der Waals surface area contributed by atoms with Gasteiger partial charge in [0, 0.05) is 24.2 Å². The highest BCUT2D eigenvalue weighted by molar-refractivity contribution is 5.99. The Labute approximate surface area is 196 Å². The molecule has 2 amide bonds.